The van der Waals surface area contributed by atoms with E-state index in [1.807, 2.05) is 11.3 Å². The van der Waals surface area contributed by atoms with Crippen LogP contribution in [0.3, 0.4) is 0 Å². The molecular formula is C17H24N2S. The lowest BCUT2D eigenvalue weighted by Gasteiger charge is -2.10. The Balaban J connectivity index is 2.19. The van der Waals surface area contributed by atoms with Gasteiger partial charge in [-0.15, -0.1) is 11.3 Å². The molecule has 1 atom stereocenters. The Labute approximate surface area is 126 Å². The van der Waals surface area contributed by atoms with E-state index in [-0.39, 0.29) is 0 Å². The predicted molar refractivity (Wildman–Crippen MR) is 88.1 cm³/mol. The first-order chi connectivity index (χ1) is 9.74. The number of hydrogen-bond acceptors (Lipinski definition) is 3. The molecule has 0 radical (unpaired) electrons. The first-order valence-corrected chi connectivity index (χ1v) is 8.33. The lowest BCUT2D eigenvalue weighted by molar-refractivity contribution is 0.535. The van der Waals surface area contributed by atoms with E-state index < -0.39 is 0 Å². The molecule has 1 aromatic heterocycles. The van der Waals surface area contributed by atoms with Gasteiger partial charge in [0.2, 0.25) is 0 Å². The van der Waals surface area contributed by atoms with Crippen molar-refractivity contribution in [3.05, 3.63) is 40.9 Å². The lowest BCUT2D eigenvalue weighted by Crippen LogP contribution is -2.24. The van der Waals surface area contributed by atoms with E-state index in [1.54, 1.807) is 0 Å². The summed E-state index contributed by atoms with van der Waals surface area (Å²) >= 11 is 1.83. The Hall–Kier alpha value is -1.19. The van der Waals surface area contributed by atoms with Gasteiger partial charge in [-0.3, -0.25) is 0 Å². The van der Waals surface area contributed by atoms with Gasteiger partial charge >= 0.3 is 0 Å². The Morgan fingerprint density at radius 1 is 1.20 bits per heavy atom. The van der Waals surface area contributed by atoms with Crippen molar-refractivity contribution in [1.82, 2.24) is 10.3 Å². The van der Waals surface area contributed by atoms with Crippen LogP contribution in [-0.2, 0) is 13.0 Å². The van der Waals surface area contributed by atoms with E-state index in [2.05, 4.69) is 56.4 Å². The van der Waals surface area contributed by atoms with Gasteiger partial charge in [-0.25, -0.2) is 4.98 Å². The number of rotatable bonds is 7. The van der Waals surface area contributed by atoms with Crippen LogP contribution in [0, 0.1) is 0 Å². The van der Waals surface area contributed by atoms with Crippen molar-refractivity contribution in [3.63, 3.8) is 0 Å². The Bertz CT molecular complexity index is 519. The maximum absolute atomic E-state index is 4.85. The van der Waals surface area contributed by atoms with Crippen LogP contribution in [0.1, 0.15) is 44.2 Å². The maximum atomic E-state index is 4.85. The van der Waals surface area contributed by atoms with Gasteiger partial charge in [0.25, 0.3) is 0 Å². The largest absolute Gasteiger partial charge is 0.309 e. The molecule has 2 nitrogen and oxygen atoms in total. The van der Waals surface area contributed by atoms with Crippen LogP contribution in [0.5, 0.6) is 0 Å². The molecule has 0 fully saturated rings. The third-order valence-electron chi connectivity index (χ3n) is 3.51. The topological polar surface area (TPSA) is 24.9 Å². The molecule has 0 amide bonds. The van der Waals surface area contributed by atoms with E-state index >= 15 is 0 Å². The molecule has 0 saturated carbocycles. The van der Waals surface area contributed by atoms with Crippen molar-refractivity contribution in [2.24, 2.45) is 0 Å². The zero-order valence-corrected chi connectivity index (χ0v) is 13.5. The van der Waals surface area contributed by atoms with Crippen molar-refractivity contribution in [3.8, 4) is 10.6 Å². The van der Waals surface area contributed by atoms with E-state index in [0.717, 1.165) is 30.8 Å². The minimum absolute atomic E-state index is 0.562. The van der Waals surface area contributed by atoms with Gasteiger partial charge in [0.15, 0.2) is 0 Å². The summed E-state index contributed by atoms with van der Waals surface area (Å²) < 4.78 is 0. The van der Waals surface area contributed by atoms with Crippen LogP contribution >= 0.6 is 11.3 Å². The van der Waals surface area contributed by atoms with Crippen LogP contribution in [0.4, 0.5) is 0 Å². The average molecular weight is 288 g/mol. The minimum Gasteiger partial charge on any atom is -0.309 e. The molecule has 108 valence electrons. The third-order valence-corrected chi connectivity index (χ3v) is 4.66. The van der Waals surface area contributed by atoms with Gasteiger partial charge < -0.3 is 5.32 Å². The fourth-order valence-corrected chi connectivity index (χ4v) is 3.13. The fourth-order valence-electron chi connectivity index (χ4n) is 2.07. The van der Waals surface area contributed by atoms with E-state index in [9.17, 15) is 0 Å². The summed E-state index contributed by atoms with van der Waals surface area (Å²) in [6.45, 7) is 7.60. The molecule has 0 bridgehead atoms. The van der Waals surface area contributed by atoms with E-state index in [1.165, 1.54) is 16.1 Å². The highest BCUT2D eigenvalue weighted by molar-refractivity contribution is 7.15. The standard InChI is InChI=1S/C17H24N2S/c1-4-9-15-16(12-18-13(3)5-2)20-17(19-15)14-10-7-6-8-11-14/h6-8,10-11,13,18H,4-5,9,12H2,1-3H3. The number of hydrogen-bond donors (Lipinski definition) is 1. The Morgan fingerprint density at radius 2 is 1.95 bits per heavy atom. The molecule has 0 aliphatic heterocycles. The second-order valence-electron chi connectivity index (χ2n) is 5.20. The monoisotopic (exact) mass is 288 g/mol. The summed E-state index contributed by atoms with van der Waals surface area (Å²) in [5.74, 6) is 0. The zero-order valence-electron chi connectivity index (χ0n) is 12.6. The number of aromatic nitrogens is 1. The molecule has 20 heavy (non-hydrogen) atoms. The summed E-state index contributed by atoms with van der Waals surface area (Å²) in [4.78, 5) is 6.25. The van der Waals surface area contributed by atoms with Gasteiger partial charge in [0.05, 0.1) is 5.69 Å². The van der Waals surface area contributed by atoms with Crippen molar-refractivity contribution >= 4 is 11.3 Å². The normalized spacial score (nSPS) is 12.6. The van der Waals surface area contributed by atoms with Crippen molar-refractivity contribution in [2.75, 3.05) is 0 Å². The van der Waals surface area contributed by atoms with Crippen LogP contribution in [0.2, 0.25) is 0 Å². The second kappa shape index (κ2) is 7.55. The van der Waals surface area contributed by atoms with Gasteiger partial charge in [-0.05, 0) is 19.8 Å². The molecule has 2 rings (SSSR count). The SMILES string of the molecule is CCCc1nc(-c2ccccc2)sc1CNC(C)CC. The van der Waals surface area contributed by atoms with Crippen molar-refractivity contribution in [1.29, 1.82) is 0 Å². The highest BCUT2D eigenvalue weighted by Gasteiger charge is 2.12. The highest BCUT2D eigenvalue weighted by Crippen LogP contribution is 2.28. The molecular weight excluding hydrogens is 264 g/mol. The van der Waals surface area contributed by atoms with Gasteiger partial charge in [0, 0.05) is 23.0 Å². The Kier molecular flexibility index (Phi) is 5.74. The first-order valence-electron chi connectivity index (χ1n) is 7.52. The molecule has 2 aromatic rings. The fraction of sp³-hybridized carbons (Fsp3) is 0.471. The van der Waals surface area contributed by atoms with Crippen molar-refractivity contribution in [2.45, 2.75) is 52.6 Å². The molecule has 3 heteroatoms. The average Bonchev–Trinajstić information content (AvgIpc) is 2.89. The summed E-state index contributed by atoms with van der Waals surface area (Å²) in [6.07, 6.45) is 3.38. The van der Waals surface area contributed by atoms with Gasteiger partial charge in [-0.1, -0.05) is 50.6 Å². The summed E-state index contributed by atoms with van der Waals surface area (Å²) in [5.41, 5.74) is 2.50. The summed E-state index contributed by atoms with van der Waals surface area (Å²) in [6, 6.07) is 11.0. The number of aryl methyl sites for hydroxylation is 1. The summed E-state index contributed by atoms with van der Waals surface area (Å²) in [7, 11) is 0. The summed E-state index contributed by atoms with van der Waals surface area (Å²) in [5, 5.41) is 4.73. The van der Waals surface area contributed by atoms with Gasteiger partial charge in [0.1, 0.15) is 5.01 Å². The third kappa shape index (κ3) is 3.90. The van der Waals surface area contributed by atoms with Crippen molar-refractivity contribution < 1.29 is 0 Å². The van der Waals surface area contributed by atoms with Gasteiger partial charge in [-0.2, -0.15) is 0 Å². The van der Waals surface area contributed by atoms with Crippen LogP contribution in [0.25, 0.3) is 10.6 Å². The number of nitrogens with one attached hydrogen (secondary N) is 1. The van der Waals surface area contributed by atoms with Crippen LogP contribution in [0.15, 0.2) is 30.3 Å². The quantitative estimate of drug-likeness (QED) is 0.802. The molecule has 1 heterocycles. The molecule has 1 aromatic carbocycles. The van der Waals surface area contributed by atoms with E-state index in [0.29, 0.717) is 6.04 Å². The molecule has 1 unspecified atom stereocenters. The molecule has 1 N–H and O–H groups in total. The number of benzene rings is 1. The Morgan fingerprint density at radius 3 is 2.60 bits per heavy atom. The molecule has 0 aliphatic carbocycles. The highest BCUT2D eigenvalue weighted by atomic mass is 32.1. The predicted octanol–water partition coefficient (Wildman–Crippen LogP) is 4.65. The minimum atomic E-state index is 0.562. The number of nitrogens with zero attached hydrogens (tertiary/aromatic N) is 1. The first kappa shape index (κ1) is 15.2. The lowest BCUT2D eigenvalue weighted by atomic mass is 10.2. The molecule has 0 spiro atoms. The maximum Gasteiger partial charge on any atom is 0.123 e. The number of thiazole rings is 1. The van der Waals surface area contributed by atoms with E-state index in [4.69, 9.17) is 4.98 Å². The zero-order chi connectivity index (χ0) is 14.4. The van der Waals surface area contributed by atoms with Crippen LogP contribution in [-0.4, -0.2) is 11.0 Å². The van der Waals surface area contributed by atoms with Crippen LogP contribution < -0.4 is 5.32 Å². The molecule has 0 saturated heterocycles. The molecule has 0 aliphatic rings. The smallest absolute Gasteiger partial charge is 0.123 e. The second-order valence-corrected chi connectivity index (χ2v) is 6.28.